The number of halogens is 1. The fraction of sp³-hybridized carbons (Fsp3) is 0.621. The van der Waals surface area contributed by atoms with Crippen LogP contribution in [0.3, 0.4) is 0 Å². The van der Waals surface area contributed by atoms with Crippen molar-refractivity contribution in [2.24, 2.45) is 11.3 Å². The second-order valence-corrected chi connectivity index (χ2v) is 12.2. The first kappa shape index (κ1) is 27.6. The number of hydrogen-bond donors (Lipinski definition) is 2. The van der Waals surface area contributed by atoms with Crippen molar-refractivity contribution in [3.05, 3.63) is 45.8 Å². The van der Waals surface area contributed by atoms with Gasteiger partial charge in [0.25, 0.3) is 0 Å². The van der Waals surface area contributed by atoms with E-state index >= 15 is 0 Å². The Morgan fingerprint density at radius 2 is 2.00 bits per heavy atom. The number of methoxy groups -OCH3 is 1. The van der Waals surface area contributed by atoms with Crippen LogP contribution in [0.15, 0.2) is 22.7 Å². The van der Waals surface area contributed by atoms with E-state index < -0.39 is 5.97 Å². The van der Waals surface area contributed by atoms with Gasteiger partial charge < -0.3 is 19.7 Å². The zero-order chi connectivity index (χ0) is 26.7. The second kappa shape index (κ2) is 11.6. The maximum Gasteiger partial charge on any atom is 0.303 e. The molecule has 1 amide bonds. The van der Waals surface area contributed by atoms with Crippen molar-refractivity contribution in [2.45, 2.75) is 89.9 Å². The number of aromatic nitrogens is 1. The monoisotopic (exact) mass is 530 g/mol. The van der Waals surface area contributed by atoms with Gasteiger partial charge in [0.2, 0.25) is 5.91 Å². The van der Waals surface area contributed by atoms with E-state index in [1.165, 1.54) is 0 Å². The summed E-state index contributed by atoms with van der Waals surface area (Å²) in [5.74, 6) is 0.887. The molecule has 0 bridgehead atoms. The highest BCUT2D eigenvalue weighted by Gasteiger charge is 2.42. The van der Waals surface area contributed by atoms with Gasteiger partial charge in [-0.25, -0.2) is 0 Å². The van der Waals surface area contributed by atoms with Gasteiger partial charge >= 0.3 is 5.97 Å². The van der Waals surface area contributed by atoms with Crippen LogP contribution in [0.2, 0.25) is 5.02 Å². The van der Waals surface area contributed by atoms with E-state index in [0.717, 1.165) is 61.3 Å². The summed E-state index contributed by atoms with van der Waals surface area (Å²) in [6.45, 7) is 7.17. The molecule has 2 aliphatic carbocycles. The number of nitrogens with one attached hydrogen (secondary N) is 1. The molecule has 0 spiro atoms. The molecular formula is C29H39ClN2O5. The number of carboxylic acid groups (broad SMARTS) is 1. The quantitative estimate of drug-likeness (QED) is 0.288. The minimum Gasteiger partial charge on any atom is -0.481 e. The summed E-state index contributed by atoms with van der Waals surface area (Å²) in [5, 5.41) is 17.2. The lowest BCUT2D eigenvalue weighted by molar-refractivity contribution is -0.137. The van der Waals surface area contributed by atoms with Crippen LogP contribution in [-0.4, -0.2) is 35.9 Å². The van der Waals surface area contributed by atoms with Crippen molar-refractivity contribution in [1.29, 1.82) is 0 Å². The maximum atomic E-state index is 13.0. The number of hydrogen-bond acceptors (Lipinski definition) is 5. The molecule has 7 nitrogen and oxygen atoms in total. The first-order valence-corrected chi connectivity index (χ1v) is 13.7. The van der Waals surface area contributed by atoms with Crippen molar-refractivity contribution in [3.63, 3.8) is 0 Å². The van der Waals surface area contributed by atoms with E-state index in [0.29, 0.717) is 34.9 Å². The average Bonchev–Trinajstić information content (AvgIpc) is 3.54. The van der Waals surface area contributed by atoms with Gasteiger partial charge in [0.1, 0.15) is 5.76 Å². The molecule has 0 saturated heterocycles. The molecule has 202 valence electrons. The number of benzene rings is 1. The average molecular weight is 531 g/mol. The van der Waals surface area contributed by atoms with Crippen molar-refractivity contribution in [1.82, 2.24) is 5.16 Å². The highest BCUT2D eigenvalue weighted by atomic mass is 35.5. The summed E-state index contributed by atoms with van der Waals surface area (Å²) < 4.78 is 11.4. The van der Waals surface area contributed by atoms with E-state index in [2.05, 4.69) is 24.3 Å². The maximum absolute atomic E-state index is 13.0. The topological polar surface area (TPSA) is 102 Å². The first-order valence-electron chi connectivity index (χ1n) is 13.3. The van der Waals surface area contributed by atoms with Crippen molar-refractivity contribution >= 4 is 29.2 Å². The molecule has 2 fully saturated rings. The fourth-order valence-corrected chi connectivity index (χ4v) is 6.10. The smallest absolute Gasteiger partial charge is 0.303 e. The third kappa shape index (κ3) is 7.14. The zero-order valence-electron chi connectivity index (χ0n) is 22.3. The van der Waals surface area contributed by atoms with E-state index in [9.17, 15) is 14.7 Å². The van der Waals surface area contributed by atoms with E-state index in [1.54, 1.807) is 19.2 Å². The zero-order valence-corrected chi connectivity index (χ0v) is 23.1. The van der Waals surface area contributed by atoms with Crippen LogP contribution in [0.4, 0.5) is 5.69 Å². The Bertz CT molecular complexity index is 1120. The number of ether oxygens (including phenoxy) is 1. The predicted molar refractivity (Wildman–Crippen MR) is 143 cm³/mol. The summed E-state index contributed by atoms with van der Waals surface area (Å²) in [7, 11) is 1.75. The number of aryl methyl sites for hydroxylation is 1. The number of carbonyl (C=O) groups is 2. The molecule has 4 rings (SSSR count). The van der Waals surface area contributed by atoms with Crippen LogP contribution in [0.1, 0.15) is 106 Å². The first-order chi connectivity index (χ1) is 17.6. The molecule has 0 aliphatic heterocycles. The van der Waals surface area contributed by atoms with Crippen molar-refractivity contribution in [2.75, 3.05) is 19.0 Å². The van der Waals surface area contributed by atoms with Crippen LogP contribution >= 0.6 is 11.6 Å². The molecule has 8 heteroatoms. The number of aliphatic carboxylic acids is 1. The molecule has 1 atom stereocenters. The molecular weight excluding hydrogens is 492 g/mol. The minimum atomic E-state index is -0.885. The van der Waals surface area contributed by atoms with Gasteiger partial charge in [-0.15, -0.1) is 0 Å². The summed E-state index contributed by atoms with van der Waals surface area (Å²) in [6, 6.07) is 5.48. The van der Waals surface area contributed by atoms with Crippen LogP contribution in [0.25, 0.3) is 0 Å². The Kier molecular flexibility index (Phi) is 8.64. The molecule has 2 N–H and O–H groups in total. The molecule has 1 aromatic heterocycles. The molecule has 2 aliphatic rings. The van der Waals surface area contributed by atoms with Crippen LogP contribution in [0, 0.1) is 18.3 Å². The Morgan fingerprint density at radius 1 is 1.27 bits per heavy atom. The van der Waals surface area contributed by atoms with Crippen LogP contribution in [0.5, 0.6) is 0 Å². The molecule has 2 saturated carbocycles. The predicted octanol–water partition coefficient (Wildman–Crippen LogP) is 7.05. The number of amides is 1. The number of carbonyl (C=O) groups excluding carboxylic acids is 1. The third-order valence-corrected chi connectivity index (χ3v) is 7.99. The number of carboxylic acids is 1. The molecule has 1 aromatic carbocycles. The number of rotatable bonds is 13. The normalized spacial score (nSPS) is 20.4. The fourth-order valence-electron chi connectivity index (χ4n) is 5.82. The van der Waals surface area contributed by atoms with E-state index in [-0.39, 0.29) is 30.1 Å². The van der Waals surface area contributed by atoms with Gasteiger partial charge in [0, 0.05) is 37.4 Å². The van der Waals surface area contributed by atoms with Gasteiger partial charge in [0.15, 0.2) is 0 Å². The van der Waals surface area contributed by atoms with Gasteiger partial charge in [-0.1, -0.05) is 36.7 Å². The summed E-state index contributed by atoms with van der Waals surface area (Å²) >= 11 is 6.31. The SMILES string of the molecule is COCC(C)(C)CC1CC(c2onc([C@@H](CCC(=O)O)CC(=O)Nc3ccc(C)cc3Cl)c2C2CC2)C1. The lowest BCUT2D eigenvalue weighted by atomic mass is 9.66. The van der Waals surface area contributed by atoms with Gasteiger partial charge in [-0.3, -0.25) is 9.59 Å². The Morgan fingerprint density at radius 3 is 2.62 bits per heavy atom. The Labute approximate surface area is 224 Å². The summed E-state index contributed by atoms with van der Waals surface area (Å²) in [5.41, 5.74) is 3.61. The highest BCUT2D eigenvalue weighted by Crippen LogP contribution is 2.53. The molecule has 0 unspecified atom stereocenters. The summed E-state index contributed by atoms with van der Waals surface area (Å²) in [6.07, 6.45) is 5.82. The van der Waals surface area contributed by atoms with Crippen molar-refractivity contribution in [3.8, 4) is 0 Å². The lowest BCUT2D eigenvalue weighted by Crippen LogP contribution is -2.30. The lowest BCUT2D eigenvalue weighted by Gasteiger charge is -2.39. The Hall–Kier alpha value is -2.38. The van der Waals surface area contributed by atoms with E-state index in [4.69, 9.17) is 20.9 Å². The van der Waals surface area contributed by atoms with Gasteiger partial charge in [0.05, 0.1) is 23.0 Å². The largest absolute Gasteiger partial charge is 0.481 e. The molecule has 0 radical (unpaired) electrons. The van der Waals surface area contributed by atoms with Crippen molar-refractivity contribution < 1.29 is 24.0 Å². The van der Waals surface area contributed by atoms with Gasteiger partial charge in [-0.05, 0) is 80.4 Å². The van der Waals surface area contributed by atoms with Crippen LogP contribution < -0.4 is 5.32 Å². The third-order valence-electron chi connectivity index (χ3n) is 7.68. The molecule has 2 aromatic rings. The summed E-state index contributed by atoms with van der Waals surface area (Å²) in [4.78, 5) is 24.4. The number of anilines is 1. The second-order valence-electron chi connectivity index (χ2n) is 11.8. The molecule has 1 heterocycles. The highest BCUT2D eigenvalue weighted by molar-refractivity contribution is 6.33. The van der Waals surface area contributed by atoms with E-state index in [1.807, 2.05) is 13.0 Å². The Balaban J connectivity index is 1.49. The number of nitrogens with zero attached hydrogens (tertiary/aromatic N) is 1. The standard InChI is InChI=1S/C29H39ClN2O5/c1-17-5-9-23(22(30)11-17)31-24(33)14-20(8-10-25(34)35)27-26(19-6-7-19)28(37-32-27)21-12-18(13-21)15-29(2,3)16-36-4/h5,9,11,18-21H,6-8,10,12-16H2,1-4H3,(H,31,33)(H,34,35)/t18?,20-,21?/m0/s1. The van der Waals surface area contributed by atoms with Crippen LogP contribution in [-0.2, 0) is 14.3 Å². The molecule has 37 heavy (non-hydrogen) atoms. The minimum absolute atomic E-state index is 0.0321. The van der Waals surface area contributed by atoms with Gasteiger partial charge in [-0.2, -0.15) is 0 Å².